The van der Waals surface area contributed by atoms with Crippen LogP contribution >= 0.6 is 0 Å². The summed E-state index contributed by atoms with van der Waals surface area (Å²) in [5.74, 6) is 0.474. The molecule has 0 aliphatic rings. The Morgan fingerprint density at radius 3 is 2.70 bits per heavy atom. The molecule has 23 heavy (non-hydrogen) atoms. The molecule has 0 aliphatic carbocycles. The first kappa shape index (κ1) is 17.5. The van der Waals surface area contributed by atoms with Crippen molar-refractivity contribution in [2.24, 2.45) is 0 Å². The molecule has 121 valence electrons. The molecule has 0 atom stereocenters. The second-order valence-corrected chi connectivity index (χ2v) is 4.55. The van der Waals surface area contributed by atoms with E-state index in [9.17, 15) is 4.79 Å². The Bertz CT molecular complexity index is 790. The fraction of sp³-hybridized carbons (Fsp3) is 0.143. The summed E-state index contributed by atoms with van der Waals surface area (Å²) in [7, 11) is 0. The zero-order valence-corrected chi connectivity index (χ0v) is 14.0. The summed E-state index contributed by atoms with van der Waals surface area (Å²) in [4.78, 5) is 25.1. The number of aromatic amines is 1. The maximum Gasteiger partial charge on any atom is 0.245 e. The quantitative estimate of drug-likeness (QED) is 0.371. The average Bonchev–Trinajstić information content (AvgIpc) is 3.00. The van der Waals surface area contributed by atoms with E-state index in [1.54, 1.807) is 6.41 Å². The SMILES string of the molecule is Nc1nc(OCc2ccc(CN[C-]=O)cc2)c2[nH]cnc2n1.[Tb]. The number of imidazole rings is 1. The number of fused-ring (bicyclic) bond motifs is 1. The van der Waals surface area contributed by atoms with Crippen LogP contribution in [0.15, 0.2) is 30.6 Å². The van der Waals surface area contributed by atoms with E-state index in [1.165, 1.54) is 6.33 Å². The predicted octanol–water partition coefficient (Wildman–Crippen LogP) is 0.671. The molecule has 2 aromatic heterocycles. The fourth-order valence-corrected chi connectivity index (χ4v) is 1.97. The van der Waals surface area contributed by atoms with Crippen molar-refractivity contribution in [1.82, 2.24) is 25.3 Å². The number of nitrogens with two attached hydrogens (primary N) is 1. The standard InChI is InChI=1S/C14H13N6O2.Tb/c15-14-19-12-11(17-7-18-12)13(20-14)22-6-10-3-1-9(2-4-10)5-16-8-21;/h1-4,7H,5-6H2,(H,16,21)(H3,15,17,18,19,20);/q-1;. The molecular formula is C14H13N6O2Tb-. The number of nitrogens with one attached hydrogen (secondary N) is 2. The molecule has 3 rings (SSSR count). The van der Waals surface area contributed by atoms with E-state index < -0.39 is 0 Å². The van der Waals surface area contributed by atoms with Gasteiger partial charge in [0.2, 0.25) is 11.8 Å². The first-order valence-electron chi connectivity index (χ1n) is 6.53. The van der Waals surface area contributed by atoms with Crippen molar-refractivity contribution >= 4 is 23.5 Å². The number of amides is 1. The number of anilines is 1. The number of rotatable bonds is 6. The summed E-state index contributed by atoms with van der Waals surface area (Å²) in [6, 6.07) is 7.64. The van der Waals surface area contributed by atoms with Gasteiger partial charge in [-0.1, -0.05) is 24.3 Å². The smallest absolute Gasteiger partial charge is 0.245 e. The van der Waals surface area contributed by atoms with E-state index >= 15 is 0 Å². The molecule has 8 nitrogen and oxygen atoms in total. The zero-order chi connectivity index (χ0) is 15.4. The molecule has 0 bridgehead atoms. The molecule has 1 aromatic carbocycles. The minimum Gasteiger partial charge on any atom is -0.526 e. The fourth-order valence-electron chi connectivity index (χ4n) is 1.97. The number of nitrogens with zero attached hydrogens (tertiary/aromatic N) is 3. The molecule has 0 saturated heterocycles. The average molecular weight is 456 g/mol. The third-order valence-electron chi connectivity index (χ3n) is 3.03. The Kier molecular flexibility index (Phi) is 6.16. The van der Waals surface area contributed by atoms with Gasteiger partial charge in [-0.15, -0.1) is 0 Å². The Labute approximate surface area is 162 Å². The van der Waals surface area contributed by atoms with Crippen molar-refractivity contribution in [3.8, 4) is 5.88 Å². The molecule has 0 unspecified atom stereocenters. The summed E-state index contributed by atoms with van der Waals surface area (Å²) in [5, 5.41) is 2.49. The minimum absolute atomic E-state index is 0. The molecule has 0 fully saturated rings. The molecule has 0 aliphatic heterocycles. The van der Waals surface area contributed by atoms with Crippen molar-refractivity contribution in [2.45, 2.75) is 13.2 Å². The Morgan fingerprint density at radius 2 is 1.96 bits per heavy atom. The summed E-state index contributed by atoms with van der Waals surface area (Å²) in [6.07, 6.45) is 3.15. The van der Waals surface area contributed by atoms with E-state index in [0.29, 0.717) is 30.2 Å². The van der Waals surface area contributed by atoms with Crippen LogP contribution < -0.4 is 15.8 Å². The topological polar surface area (TPSA) is 119 Å². The van der Waals surface area contributed by atoms with Crippen LogP contribution in [0, 0.1) is 38.6 Å². The predicted molar refractivity (Wildman–Crippen MR) is 79.4 cm³/mol. The van der Waals surface area contributed by atoms with E-state index in [4.69, 9.17) is 10.5 Å². The number of H-pyrrole nitrogens is 1. The molecule has 1 radical (unpaired) electrons. The molecule has 0 saturated carbocycles. The van der Waals surface area contributed by atoms with Crippen molar-refractivity contribution < 1.29 is 48.1 Å². The third kappa shape index (κ3) is 4.32. The van der Waals surface area contributed by atoms with Crippen molar-refractivity contribution in [3.05, 3.63) is 41.7 Å². The first-order chi connectivity index (χ1) is 10.8. The van der Waals surface area contributed by atoms with Crippen LogP contribution in [0.4, 0.5) is 5.95 Å². The van der Waals surface area contributed by atoms with Crippen LogP contribution in [-0.2, 0) is 17.9 Å². The number of ether oxygens (including phenoxy) is 1. The number of hydrogen-bond donors (Lipinski definition) is 3. The van der Waals surface area contributed by atoms with Crippen molar-refractivity contribution in [3.63, 3.8) is 0 Å². The van der Waals surface area contributed by atoms with Gasteiger partial charge < -0.3 is 25.6 Å². The van der Waals surface area contributed by atoms with Crippen LogP contribution in [0.25, 0.3) is 11.2 Å². The van der Waals surface area contributed by atoms with E-state index in [1.807, 2.05) is 24.3 Å². The van der Waals surface area contributed by atoms with Gasteiger partial charge in [-0.3, -0.25) is 0 Å². The second kappa shape index (κ2) is 8.11. The molecule has 4 N–H and O–H groups in total. The summed E-state index contributed by atoms with van der Waals surface area (Å²) >= 11 is 0. The number of hydrogen-bond acceptors (Lipinski definition) is 6. The maximum atomic E-state index is 10.1. The van der Waals surface area contributed by atoms with Crippen molar-refractivity contribution in [2.75, 3.05) is 5.73 Å². The normalized spacial score (nSPS) is 10.1. The molecule has 0 spiro atoms. The zero-order valence-electron chi connectivity index (χ0n) is 11.9. The number of benzene rings is 1. The van der Waals surface area contributed by atoms with Crippen molar-refractivity contribution in [1.29, 1.82) is 0 Å². The van der Waals surface area contributed by atoms with E-state index in [-0.39, 0.29) is 44.6 Å². The van der Waals surface area contributed by atoms with Gasteiger partial charge in [0.25, 0.3) is 0 Å². The molecule has 3 aromatic rings. The number of nitrogen functional groups attached to an aromatic ring is 1. The molecule has 1 amide bonds. The molecular weight excluding hydrogens is 443 g/mol. The van der Waals surface area contributed by atoms with Crippen LogP contribution in [0.2, 0.25) is 0 Å². The van der Waals surface area contributed by atoms with Gasteiger partial charge in [-0.25, -0.2) is 4.98 Å². The maximum absolute atomic E-state index is 10.1. The number of aromatic nitrogens is 4. The second-order valence-electron chi connectivity index (χ2n) is 4.55. The monoisotopic (exact) mass is 456 g/mol. The summed E-state index contributed by atoms with van der Waals surface area (Å²) < 4.78 is 5.69. The Hall–Kier alpha value is -1.87. The van der Waals surface area contributed by atoms with E-state index in [2.05, 4.69) is 25.3 Å². The van der Waals surface area contributed by atoms with Crippen LogP contribution in [0.1, 0.15) is 11.1 Å². The Morgan fingerprint density at radius 1 is 1.22 bits per heavy atom. The third-order valence-corrected chi connectivity index (χ3v) is 3.03. The molecule has 9 heteroatoms. The van der Waals surface area contributed by atoms with Gasteiger partial charge in [0.1, 0.15) is 12.1 Å². The van der Waals surface area contributed by atoms with Crippen LogP contribution in [0.5, 0.6) is 5.88 Å². The van der Waals surface area contributed by atoms with Gasteiger partial charge in [0.15, 0.2) is 5.65 Å². The van der Waals surface area contributed by atoms with Crippen LogP contribution in [-0.4, -0.2) is 26.3 Å². The van der Waals surface area contributed by atoms with Gasteiger partial charge in [0.05, 0.1) is 6.33 Å². The summed E-state index contributed by atoms with van der Waals surface area (Å²) in [6.45, 7) is 0.778. The first-order valence-corrected chi connectivity index (χ1v) is 6.53. The van der Waals surface area contributed by atoms with Crippen LogP contribution in [0.3, 0.4) is 0 Å². The van der Waals surface area contributed by atoms with Gasteiger partial charge in [-0.05, 0) is 11.1 Å². The molecule has 2 heterocycles. The van der Waals surface area contributed by atoms with E-state index in [0.717, 1.165) is 11.1 Å². The van der Waals surface area contributed by atoms with Gasteiger partial charge >= 0.3 is 0 Å². The van der Waals surface area contributed by atoms with Gasteiger partial charge in [0, 0.05) is 45.2 Å². The minimum atomic E-state index is 0. The summed E-state index contributed by atoms with van der Waals surface area (Å²) in [5.41, 5.74) is 8.64. The van der Waals surface area contributed by atoms with Gasteiger partial charge in [-0.2, -0.15) is 16.4 Å². The largest absolute Gasteiger partial charge is 0.526 e. The number of carbonyl (C=O) groups excluding carboxylic acids is 1. The Balaban J connectivity index is 0.00000192.